The zero-order chi connectivity index (χ0) is 16.4. The van der Waals surface area contributed by atoms with E-state index < -0.39 is 0 Å². The third-order valence-electron chi connectivity index (χ3n) is 8.57. The van der Waals surface area contributed by atoms with Crippen molar-refractivity contribution in [3.05, 3.63) is 23.8 Å². The number of fused-ring (bicyclic) bond motifs is 5. The maximum absolute atomic E-state index is 12.2. The van der Waals surface area contributed by atoms with E-state index in [1.165, 1.54) is 50.5 Å². The lowest BCUT2D eigenvalue weighted by Gasteiger charge is -2.58. The van der Waals surface area contributed by atoms with Crippen LogP contribution in [0.5, 0.6) is 0 Å². The van der Waals surface area contributed by atoms with Crippen molar-refractivity contribution in [2.24, 2.45) is 34.5 Å². The Kier molecular flexibility index (Phi) is 3.45. The minimum Gasteiger partial charge on any atom is -0.300 e. The van der Waals surface area contributed by atoms with E-state index in [0.29, 0.717) is 22.5 Å². The molecule has 0 N–H and O–H groups in total. The van der Waals surface area contributed by atoms with Crippen molar-refractivity contribution < 1.29 is 4.79 Å². The summed E-state index contributed by atoms with van der Waals surface area (Å²) >= 11 is 0. The van der Waals surface area contributed by atoms with Gasteiger partial charge < -0.3 is 0 Å². The van der Waals surface area contributed by atoms with Gasteiger partial charge >= 0.3 is 0 Å². The van der Waals surface area contributed by atoms with Crippen LogP contribution in [0.1, 0.15) is 72.1 Å². The number of ketones is 1. The molecule has 4 aliphatic rings. The molecule has 1 nitrogen and oxygen atoms in total. The highest BCUT2D eigenvalue weighted by Crippen LogP contribution is 2.66. The largest absolute Gasteiger partial charge is 0.300 e. The first-order valence-electron chi connectivity index (χ1n) is 9.75. The number of hydrogen-bond acceptors (Lipinski definition) is 1. The monoisotopic (exact) mass is 312 g/mol. The number of carbonyl (C=O) groups excluding carboxylic acids is 1. The summed E-state index contributed by atoms with van der Waals surface area (Å²) in [6.07, 6.45) is 12.6. The molecule has 0 radical (unpaired) electrons. The maximum Gasteiger partial charge on any atom is 0.133 e. The molecule has 0 aliphatic heterocycles. The Labute approximate surface area is 141 Å². The van der Waals surface area contributed by atoms with E-state index in [2.05, 4.69) is 26.5 Å². The van der Waals surface area contributed by atoms with Crippen molar-refractivity contribution in [1.29, 1.82) is 0 Å². The van der Waals surface area contributed by atoms with Crippen LogP contribution in [0, 0.1) is 34.5 Å². The molecule has 0 saturated heterocycles. The van der Waals surface area contributed by atoms with Crippen LogP contribution in [0.2, 0.25) is 0 Å². The summed E-state index contributed by atoms with van der Waals surface area (Å²) in [7, 11) is 0. The zero-order valence-corrected chi connectivity index (χ0v) is 15.2. The molecule has 6 atom stereocenters. The highest BCUT2D eigenvalue weighted by molar-refractivity contribution is 5.79. The molecule has 0 aromatic rings. The normalized spacial score (nSPS) is 49.0. The van der Waals surface area contributed by atoms with Crippen molar-refractivity contribution in [2.45, 2.75) is 72.1 Å². The lowest BCUT2D eigenvalue weighted by molar-refractivity contribution is -0.127. The molecule has 3 saturated carbocycles. The lowest BCUT2D eigenvalue weighted by atomic mass is 9.46. The summed E-state index contributed by atoms with van der Waals surface area (Å²) in [6.45, 7) is 11.0. The van der Waals surface area contributed by atoms with Gasteiger partial charge in [-0.3, -0.25) is 4.79 Å². The number of Topliss-reactive ketones (excluding diaryl/α,β-unsaturated/α-hetero) is 1. The van der Waals surface area contributed by atoms with Crippen LogP contribution in [-0.4, -0.2) is 5.78 Å². The minimum atomic E-state index is 0.294. The molecule has 0 aromatic carbocycles. The second-order valence-corrected chi connectivity index (χ2v) is 9.45. The first kappa shape index (κ1) is 15.7. The third-order valence-corrected chi connectivity index (χ3v) is 8.57. The molecule has 4 aliphatic carbocycles. The zero-order valence-electron chi connectivity index (χ0n) is 15.2. The summed E-state index contributed by atoms with van der Waals surface area (Å²) in [5.74, 6) is 3.28. The van der Waals surface area contributed by atoms with Gasteiger partial charge in [-0.2, -0.15) is 0 Å². The topological polar surface area (TPSA) is 17.1 Å². The number of carbonyl (C=O) groups is 1. The van der Waals surface area contributed by atoms with Crippen molar-refractivity contribution >= 4 is 5.78 Å². The van der Waals surface area contributed by atoms with Gasteiger partial charge in [0.15, 0.2) is 0 Å². The molecule has 1 heteroatoms. The average molecular weight is 312 g/mol. The van der Waals surface area contributed by atoms with E-state index >= 15 is 0 Å². The Morgan fingerprint density at radius 3 is 2.61 bits per heavy atom. The first-order valence-corrected chi connectivity index (χ1v) is 9.75. The highest BCUT2D eigenvalue weighted by Gasteiger charge is 2.59. The Morgan fingerprint density at radius 1 is 1.09 bits per heavy atom. The molecule has 4 rings (SSSR count). The minimum absolute atomic E-state index is 0.294. The number of rotatable bonds is 1. The summed E-state index contributed by atoms with van der Waals surface area (Å²) in [5.41, 5.74) is 3.75. The third kappa shape index (κ3) is 2.07. The van der Waals surface area contributed by atoms with Gasteiger partial charge in [-0.15, -0.1) is 0 Å². The molecule has 0 bridgehead atoms. The smallest absolute Gasteiger partial charge is 0.133 e. The molecule has 23 heavy (non-hydrogen) atoms. The second-order valence-electron chi connectivity index (χ2n) is 9.45. The van der Waals surface area contributed by atoms with E-state index in [-0.39, 0.29) is 0 Å². The fourth-order valence-electron chi connectivity index (χ4n) is 7.32. The molecule has 0 amide bonds. The SMILES string of the molecule is C=C1C=C2CCC3C(CCC4(C)C(C(C)=O)CCC34)C2(C)CC1. The molecule has 0 heterocycles. The van der Waals surface area contributed by atoms with Crippen LogP contribution in [0.25, 0.3) is 0 Å². The van der Waals surface area contributed by atoms with Crippen LogP contribution in [0.15, 0.2) is 23.8 Å². The fraction of sp³-hybridized carbons (Fsp3) is 0.773. The van der Waals surface area contributed by atoms with Gasteiger partial charge in [0, 0.05) is 5.92 Å². The summed E-state index contributed by atoms with van der Waals surface area (Å²) in [5, 5.41) is 0. The second kappa shape index (κ2) is 5.07. The van der Waals surface area contributed by atoms with E-state index in [1.54, 1.807) is 5.57 Å². The van der Waals surface area contributed by atoms with E-state index in [0.717, 1.165) is 24.2 Å². The van der Waals surface area contributed by atoms with Gasteiger partial charge in [0.05, 0.1) is 0 Å². The van der Waals surface area contributed by atoms with Crippen molar-refractivity contribution in [1.82, 2.24) is 0 Å². The van der Waals surface area contributed by atoms with Crippen LogP contribution < -0.4 is 0 Å². The van der Waals surface area contributed by atoms with E-state index in [4.69, 9.17) is 0 Å². The van der Waals surface area contributed by atoms with Gasteiger partial charge in [0.25, 0.3) is 0 Å². The van der Waals surface area contributed by atoms with Crippen LogP contribution in [0.4, 0.5) is 0 Å². The van der Waals surface area contributed by atoms with Gasteiger partial charge in [-0.1, -0.05) is 37.6 Å². The number of hydrogen-bond donors (Lipinski definition) is 0. The molecule has 3 fully saturated rings. The van der Waals surface area contributed by atoms with Gasteiger partial charge in [0.2, 0.25) is 0 Å². The Balaban J connectivity index is 1.67. The van der Waals surface area contributed by atoms with Gasteiger partial charge in [0.1, 0.15) is 5.78 Å². The summed E-state index contributed by atoms with van der Waals surface area (Å²) in [6, 6.07) is 0. The molecule has 6 unspecified atom stereocenters. The van der Waals surface area contributed by atoms with Crippen LogP contribution in [0.3, 0.4) is 0 Å². The van der Waals surface area contributed by atoms with E-state index in [1.807, 2.05) is 6.92 Å². The Hall–Kier alpha value is -0.850. The van der Waals surface area contributed by atoms with Gasteiger partial charge in [-0.25, -0.2) is 0 Å². The fourth-order valence-corrected chi connectivity index (χ4v) is 7.32. The molecule has 0 aromatic heterocycles. The van der Waals surface area contributed by atoms with Gasteiger partial charge in [-0.05, 0) is 86.9 Å². The van der Waals surface area contributed by atoms with Crippen LogP contribution in [-0.2, 0) is 4.79 Å². The lowest BCUT2D eigenvalue weighted by Crippen LogP contribution is -2.50. The number of allylic oxidation sites excluding steroid dienone is 3. The summed E-state index contributed by atoms with van der Waals surface area (Å²) < 4.78 is 0. The highest BCUT2D eigenvalue weighted by atomic mass is 16.1. The Morgan fingerprint density at radius 2 is 1.87 bits per heavy atom. The van der Waals surface area contributed by atoms with Crippen molar-refractivity contribution in [3.63, 3.8) is 0 Å². The average Bonchev–Trinajstić information content (AvgIpc) is 2.85. The molecular formula is C22H32O. The first-order chi connectivity index (χ1) is 10.9. The predicted molar refractivity (Wildman–Crippen MR) is 95.0 cm³/mol. The molecule has 0 spiro atoms. The quantitative estimate of drug-likeness (QED) is 0.606. The van der Waals surface area contributed by atoms with Crippen LogP contribution >= 0.6 is 0 Å². The predicted octanol–water partition coefficient (Wildman–Crippen LogP) is 5.71. The van der Waals surface area contributed by atoms with E-state index in [9.17, 15) is 4.79 Å². The van der Waals surface area contributed by atoms with Crippen molar-refractivity contribution in [2.75, 3.05) is 0 Å². The molecular weight excluding hydrogens is 280 g/mol. The maximum atomic E-state index is 12.2. The molecule has 126 valence electrons. The summed E-state index contributed by atoms with van der Waals surface area (Å²) in [4.78, 5) is 12.2. The van der Waals surface area contributed by atoms with Crippen molar-refractivity contribution in [3.8, 4) is 0 Å². The Bertz CT molecular complexity index is 585. The standard InChI is InChI=1S/C22H32O/c1-14-9-11-21(3)16(13-14)5-6-17-19-8-7-18(15(2)23)22(19,4)12-10-20(17)21/h13,17-20H,1,5-12H2,2-4H3.